The molecule has 0 unspecified atom stereocenters. The van der Waals surface area contributed by atoms with E-state index in [1.165, 1.54) is 0 Å². The van der Waals surface area contributed by atoms with Crippen molar-refractivity contribution >= 4 is 11.0 Å². The van der Waals surface area contributed by atoms with Gasteiger partial charge in [-0.15, -0.1) is 0 Å². The molecule has 2 N–H and O–H groups in total. The molecule has 0 bridgehead atoms. The first-order valence-corrected chi connectivity index (χ1v) is 5.85. The zero-order valence-corrected chi connectivity index (χ0v) is 10.6. The summed E-state index contributed by atoms with van der Waals surface area (Å²) < 4.78 is 2.08. The number of imidazole rings is 1. The van der Waals surface area contributed by atoms with Crippen molar-refractivity contribution in [1.82, 2.24) is 14.9 Å². The molecule has 0 radical (unpaired) electrons. The average molecular weight is 233 g/mol. The summed E-state index contributed by atoms with van der Waals surface area (Å²) in [6, 6.07) is 8.01. The molecule has 4 heteroatoms. The van der Waals surface area contributed by atoms with E-state index in [1.807, 2.05) is 31.3 Å². The molecule has 0 spiro atoms. The molecule has 0 amide bonds. The number of rotatable bonds is 4. The van der Waals surface area contributed by atoms with Gasteiger partial charge in [0.05, 0.1) is 23.2 Å². The van der Waals surface area contributed by atoms with E-state index in [0.717, 1.165) is 16.9 Å². The Labute approximate surface area is 101 Å². The Bertz CT molecular complexity index is 516. The van der Waals surface area contributed by atoms with Gasteiger partial charge >= 0.3 is 0 Å². The van der Waals surface area contributed by atoms with Gasteiger partial charge in [0.2, 0.25) is 0 Å². The number of nitrogens with zero attached hydrogens (tertiary/aromatic N) is 2. The summed E-state index contributed by atoms with van der Waals surface area (Å²) in [7, 11) is 1.92. The quantitative estimate of drug-likeness (QED) is 0.841. The van der Waals surface area contributed by atoms with Crippen molar-refractivity contribution in [2.45, 2.75) is 25.9 Å². The highest BCUT2D eigenvalue weighted by Gasteiger charge is 2.25. The summed E-state index contributed by atoms with van der Waals surface area (Å²) in [6.45, 7) is 4.86. The summed E-state index contributed by atoms with van der Waals surface area (Å²) in [4.78, 5) is 4.66. The van der Waals surface area contributed by atoms with E-state index >= 15 is 0 Å². The van der Waals surface area contributed by atoms with Crippen molar-refractivity contribution in [3.8, 4) is 0 Å². The molecule has 92 valence electrons. The van der Waals surface area contributed by atoms with E-state index in [4.69, 9.17) is 0 Å². The number of nitrogens with one attached hydrogen (secondary N) is 1. The smallest absolute Gasteiger partial charge is 0.129 e. The Balaban J connectivity index is 2.65. The molecule has 0 fully saturated rings. The van der Waals surface area contributed by atoms with E-state index in [2.05, 4.69) is 28.7 Å². The summed E-state index contributed by atoms with van der Waals surface area (Å²) in [5.74, 6) is 0.954. The van der Waals surface area contributed by atoms with Crippen LogP contribution in [0.15, 0.2) is 24.3 Å². The van der Waals surface area contributed by atoms with Crippen LogP contribution in [0.1, 0.15) is 19.7 Å². The minimum absolute atomic E-state index is 0.118. The van der Waals surface area contributed by atoms with Gasteiger partial charge in [0.15, 0.2) is 0 Å². The number of aromatic nitrogens is 2. The maximum Gasteiger partial charge on any atom is 0.129 e. The van der Waals surface area contributed by atoms with E-state index in [0.29, 0.717) is 6.54 Å². The fourth-order valence-corrected chi connectivity index (χ4v) is 1.99. The van der Waals surface area contributed by atoms with Crippen molar-refractivity contribution in [2.75, 3.05) is 13.7 Å². The molecule has 0 atom stereocenters. The molecule has 0 saturated heterocycles. The van der Waals surface area contributed by atoms with Gasteiger partial charge in [-0.2, -0.15) is 0 Å². The molecule has 0 aliphatic carbocycles. The first-order chi connectivity index (χ1) is 8.10. The molecule has 17 heavy (non-hydrogen) atoms. The van der Waals surface area contributed by atoms with Gasteiger partial charge in [0, 0.05) is 6.54 Å². The Hall–Kier alpha value is -1.39. The highest BCUT2D eigenvalue weighted by Crippen LogP contribution is 2.24. The normalized spacial score (nSPS) is 12.2. The van der Waals surface area contributed by atoms with Gasteiger partial charge in [0.1, 0.15) is 5.82 Å². The van der Waals surface area contributed by atoms with Gasteiger partial charge in [-0.25, -0.2) is 4.98 Å². The number of fused-ring (bicyclic) bond motifs is 1. The second-order valence-electron chi connectivity index (χ2n) is 4.67. The van der Waals surface area contributed by atoms with Gasteiger partial charge in [-0.1, -0.05) is 12.1 Å². The van der Waals surface area contributed by atoms with Crippen molar-refractivity contribution in [3.63, 3.8) is 0 Å². The Morgan fingerprint density at radius 1 is 1.35 bits per heavy atom. The molecule has 1 aromatic carbocycles. The molecule has 2 rings (SSSR count). The van der Waals surface area contributed by atoms with Gasteiger partial charge < -0.3 is 15.0 Å². The van der Waals surface area contributed by atoms with Gasteiger partial charge in [-0.05, 0) is 33.0 Å². The van der Waals surface area contributed by atoms with Crippen molar-refractivity contribution in [3.05, 3.63) is 30.1 Å². The molecule has 2 aromatic rings. The first kappa shape index (κ1) is 12.1. The monoisotopic (exact) mass is 233 g/mol. The standard InChI is InChI=1S/C13H19N3O/c1-13(2,14-3)12-15-10-6-4-5-7-11(10)16(12)8-9-17/h4-7,14,17H,8-9H2,1-3H3. The van der Waals surface area contributed by atoms with Crippen LogP contribution in [0.2, 0.25) is 0 Å². The molecule has 4 nitrogen and oxygen atoms in total. The zero-order valence-electron chi connectivity index (χ0n) is 10.6. The third kappa shape index (κ3) is 2.06. The Morgan fingerprint density at radius 2 is 2.06 bits per heavy atom. The third-order valence-corrected chi connectivity index (χ3v) is 3.16. The van der Waals surface area contributed by atoms with E-state index in [1.54, 1.807) is 0 Å². The first-order valence-electron chi connectivity index (χ1n) is 5.85. The van der Waals surface area contributed by atoms with Gasteiger partial charge in [-0.3, -0.25) is 0 Å². The second-order valence-corrected chi connectivity index (χ2v) is 4.67. The fraction of sp³-hybridized carbons (Fsp3) is 0.462. The minimum Gasteiger partial charge on any atom is -0.395 e. The average Bonchev–Trinajstić information content (AvgIpc) is 2.70. The Morgan fingerprint density at radius 3 is 2.71 bits per heavy atom. The van der Waals surface area contributed by atoms with Crippen LogP contribution < -0.4 is 5.32 Å². The summed E-state index contributed by atoms with van der Waals surface area (Å²) >= 11 is 0. The van der Waals surface area contributed by atoms with Crippen molar-refractivity contribution in [2.24, 2.45) is 0 Å². The van der Waals surface area contributed by atoms with Crippen LogP contribution in [0, 0.1) is 0 Å². The lowest BCUT2D eigenvalue weighted by atomic mass is 10.1. The molecule has 1 heterocycles. The number of aliphatic hydroxyl groups excluding tert-OH is 1. The van der Waals surface area contributed by atoms with Crippen LogP contribution in [-0.4, -0.2) is 28.3 Å². The van der Waals surface area contributed by atoms with Crippen LogP contribution >= 0.6 is 0 Å². The number of benzene rings is 1. The largest absolute Gasteiger partial charge is 0.395 e. The molecule has 0 saturated carbocycles. The van der Waals surface area contributed by atoms with E-state index < -0.39 is 0 Å². The lowest BCUT2D eigenvalue weighted by Gasteiger charge is -2.24. The molecule has 0 aliphatic rings. The maximum atomic E-state index is 9.19. The predicted molar refractivity (Wildman–Crippen MR) is 68.9 cm³/mol. The molecular weight excluding hydrogens is 214 g/mol. The van der Waals surface area contributed by atoms with Crippen molar-refractivity contribution in [1.29, 1.82) is 0 Å². The third-order valence-electron chi connectivity index (χ3n) is 3.16. The predicted octanol–water partition coefficient (Wildman–Crippen LogP) is 1.48. The fourth-order valence-electron chi connectivity index (χ4n) is 1.99. The topological polar surface area (TPSA) is 50.1 Å². The van der Waals surface area contributed by atoms with E-state index in [9.17, 15) is 5.11 Å². The summed E-state index contributed by atoms with van der Waals surface area (Å²) in [6.07, 6.45) is 0. The lowest BCUT2D eigenvalue weighted by molar-refractivity contribution is 0.270. The Kier molecular flexibility index (Phi) is 3.17. The van der Waals surface area contributed by atoms with Crippen LogP contribution in [0.5, 0.6) is 0 Å². The lowest BCUT2D eigenvalue weighted by Crippen LogP contribution is -2.36. The van der Waals surface area contributed by atoms with E-state index in [-0.39, 0.29) is 12.1 Å². The minimum atomic E-state index is -0.214. The number of hydrogen-bond donors (Lipinski definition) is 2. The van der Waals surface area contributed by atoms with Crippen molar-refractivity contribution < 1.29 is 5.11 Å². The van der Waals surface area contributed by atoms with Crippen LogP contribution in [0.25, 0.3) is 11.0 Å². The highest BCUT2D eigenvalue weighted by atomic mass is 16.3. The van der Waals surface area contributed by atoms with Crippen LogP contribution in [0.3, 0.4) is 0 Å². The van der Waals surface area contributed by atoms with Gasteiger partial charge in [0.25, 0.3) is 0 Å². The van der Waals surface area contributed by atoms with Crippen LogP contribution in [0.4, 0.5) is 0 Å². The number of aliphatic hydroxyl groups is 1. The molecule has 0 aliphatic heterocycles. The summed E-state index contributed by atoms with van der Waals surface area (Å²) in [5, 5.41) is 12.4. The van der Waals surface area contributed by atoms with Crippen LogP contribution in [-0.2, 0) is 12.1 Å². The number of hydrogen-bond acceptors (Lipinski definition) is 3. The molecule has 1 aromatic heterocycles. The SMILES string of the molecule is CNC(C)(C)c1nc2ccccc2n1CCO. The second kappa shape index (κ2) is 4.47. The molecular formula is C13H19N3O. The maximum absolute atomic E-state index is 9.19. The number of para-hydroxylation sites is 2. The highest BCUT2D eigenvalue weighted by molar-refractivity contribution is 5.76. The zero-order chi connectivity index (χ0) is 12.5. The summed E-state index contributed by atoms with van der Waals surface area (Å²) in [5.41, 5.74) is 1.83.